The fourth-order valence-corrected chi connectivity index (χ4v) is 2.22. The van der Waals surface area contributed by atoms with Gasteiger partial charge in [0.15, 0.2) is 0 Å². The van der Waals surface area contributed by atoms with Crippen molar-refractivity contribution < 1.29 is 4.79 Å². The van der Waals surface area contributed by atoms with Gasteiger partial charge in [0, 0.05) is 11.4 Å². The number of carbonyl (C=O) groups excluding carboxylic acids is 1. The van der Waals surface area contributed by atoms with E-state index in [-0.39, 0.29) is 18.5 Å². The van der Waals surface area contributed by atoms with Crippen molar-refractivity contribution in [1.82, 2.24) is 10.2 Å². The molecule has 0 spiro atoms. The molecule has 0 aliphatic carbocycles. The highest BCUT2D eigenvalue weighted by molar-refractivity contribution is 7.10. The van der Waals surface area contributed by atoms with Crippen LogP contribution in [0.15, 0.2) is 17.5 Å². The smallest absolute Gasteiger partial charge is 0.233 e. The molecule has 0 aliphatic rings. The molecule has 0 aliphatic heterocycles. The predicted molar refractivity (Wildman–Crippen MR) is 62.8 cm³/mol. The number of hydrogen-bond donors (Lipinski definition) is 2. The maximum Gasteiger partial charge on any atom is 0.233 e. The SMILES string of the molecule is CN(C)C(CNC(=O)CN)c1cccs1. The molecule has 1 heterocycles. The van der Waals surface area contributed by atoms with Crippen molar-refractivity contribution in [2.75, 3.05) is 27.2 Å². The Morgan fingerprint density at radius 3 is 2.87 bits per heavy atom. The summed E-state index contributed by atoms with van der Waals surface area (Å²) in [5.74, 6) is -0.113. The van der Waals surface area contributed by atoms with Gasteiger partial charge in [-0.3, -0.25) is 4.79 Å². The topological polar surface area (TPSA) is 58.4 Å². The van der Waals surface area contributed by atoms with Gasteiger partial charge in [0.2, 0.25) is 5.91 Å². The van der Waals surface area contributed by atoms with E-state index < -0.39 is 0 Å². The molecule has 0 saturated heterocycles. The van der Waals surface area contributed by atoms with Gasteiger partial charge >= 0.3 is 0 Å². The van der Waals surface area contributed by atoms with Gasteiger partial charge in [-0.25, -0.2) is 0 Å². The first-order valence-electron chi connectivity index (χ1n) is 4.81. The van der Waals surface area contributed by atoms with Crippen molar-refractivity contribution in [2.24, 2.45) is 5.73 Å². The molecule has 1 unspecified atom stereocenters. The van der Waals surface area contributed by atoms with E-state index in [0.29, 0.717) is 6.54 Å². The maximum atomic E-state index is 11.1. The first-order valence-corrected chi connectivity index (χ1v) is 5.69. The molecule has 0 bridgehead atoms. The van der Waals surface area contributed by atoms with E-state index in [9.17, 15) is 4.79 Å². The number of amides is 1. The van der Waals surface area contributed by atoms with Crippen molar-refractivity contribution >= 4 is 17.2 Å². The van der Waals surface area contributed by atoms with Crippen LogP contribution in [-0.2, 0) is 4.79 Å². The van der Waals surface area contributed by atoms with Crippen LogP contribution in [0.25, 0.3) is 0 Å². The number of likely N-dealkylation sites (N-methyl/N-ethyl adjacent to an activating group) is 1. The van der Waals surface area contributed by atoms with E-state index in [2.05, 4.69) is 16.3 Å². The van der Waals surface area contributed by atoms with Gasteiger partial charge in [0.05, 0.1) is 12.6 Å². The van der Waals surface area contributed by atoms with Crippen LogP contribution in [-0.4, -0.2) is 38.0 Å². The summed E-state index contributed by atoms with van der Waals surface area (Å²) in [6.07, 6.45) is 0. The van der Waals surface area contributed by atoms with Crippen LogP contribution in [0.2, 0.25) is 0 Å². The molecule has 84 valence electrons. The van der Waals surface area contributed by atoms with Gasteiger partial charge in [-0.1, -0.05) is 6.07 Å². The fourth-order valence-electron chi connectivity index (χ4n) is 1.30. The Kier molecular flexibility index (Phi) is 4.74. The summed E-state index contributed by atoms with van der Waals surface area (Å²) in [6.45, 7) is 0.647. The minimum Gasteiger partial charge on any atom is -0.353 e. The number of carbonyl (C=O) groups is 1. The molecule has 15 heavy (non-hydrogen) atoms. The first-order chi connectivity index (χ1) is 7.15. The standard InChI is InChI=1S/C10H17N3OS/c1-13(2)8(7-12-10(14)6-11)9-4-3-5-15-9/h3-5,8H,6-7,11H2,1-2H3,(H,12,14). The molecular formula is C10H17N3OS. The lowest BCUT2D eigenvalue weighted by Crippen LogP contribution is -2.37. The summed E-state index contributed by atoms with van der Waals surface area (Å²) in [5, 5.41) is 4.84. The summed E-state index contributed by atoms with van der Waals surface area (Å²) in [5.41, 5.74) is 5.23. The molecule has 1 rings (SSSR count). The van der Waals surface area contributed by atoms with E-state index in [1.54, 1.807) is 11.3 Å². The monoisotopic (exact) mass is 227 g/mol. The highest BCUT2D eigenvalue weighted by Gasteiger charge is 2.15. The molecule has 5 heteroatoms. The van der Waals surface area contributed by atoms with Crippen LogP contribution < -0.4 is 11.1 Å². The van der Waals surface area contributed by atoms with Crippen molar-refractivity contribution in [3.05, 3.63) is 22.4 Å². The minimum atomic E-state index is -0.113. The fraction of sp³-hybridized carbons (Fsp3) is 0.500. The summed E-state index contributed by atoms with van der Waals surface area (Å²) < 4.78 is 0. The van der Waals surface area contributed by atoms with E-state index in [1.807, 2.05) is 25.5 Å². The number of nitrogens with zero attached hydrogens (tertiary/aromatic N) is 1. The zero-order valence-electron chi connectivity index (χ0n) is 9.06. The molecule has 4 nitrogen and oxygen atoms in total. The molecule has 3 N–H and O–H groups in total. The van der Waals surface area contributed by atoms with Crippen LogP contribution in [0.4, 0.5) is 0 Å². The summed E-state index contributed by atoms with van der Waals surface area (Å²) >= 11 is 1.69. The quantitative estimate of drug-likeness (QED) is 0.767. The third-order valence-corrected chi connectivity index (χ3v) is 3.15. The van der Waals surface area contributed by atoms with E-state index in [1.165, 1.54) is 4.88 Å². The lowest BCUT2D eigenvalue weighted by molar-refractivity contribution is -0.119. The summed E-state index contributed by atoms with van der Waals surface area (Å²) in [4.78, 5) is 14.4. The summed E-state index contributed by atoms with van der Waals surface area (Å²) in [7, 11) is 4.00. The minimum absolute atomic E-state index is 0.0462. The maximum absolute atomic E-state index is 11.1. The number of thiophene rings is 1. The van der Waals surface area contributed by atoms with Gasteiger partial charge < -0.3 is 16.0 Å². The van der Waals surface area contributed by atoms with Gasteiger partial charge in [-0.15, -0.1) is 11.3 Å². The largest absolute Gasteiger partial charge is 0.353 e. The molecule has 1 aromatic heterocycles. The molecule has 0 aromatic carbocycles. The highest BCUT2D eigenvalue weighted by Crippen LogP contribution is 2.22. The number of hydrogen-bond acceptors (Lipinski definition) is 4. The summed E-state index contributed by atoms with van der Waals surface area (Å²) in [6, 6.07) is 4.31. The number of rotatable bonds is 5. The van der Waals surface area contributed by atoms with Crippen LogP contribution in [0, 0.1) is 0 Å². The van der Waals surface area contributed by atoms with Crippen molar-refractivity contribution in [3.8, 4) is 0 Å². The molecule has 0 saturated carbocycles. The molecular weight excluding hydrogens is 210 g/mol. The van der Waals surface area contributed by atoms with Gasteiger partial charge in [-0.05, 0) is 25.5 Å². The van der Waals surface area contributed by atoms with Crippen LogP contribution in [0.1, 0.15) is 10.9 Å². The van der Waals surface area contributed by atoms with E-state index >= 15 is 0 Å². The van der Waals surface area contributed by atoms with Crippen LogP contribution >= 0.6 is 11.3 Å². The average Bonchev–Trinajstić information content (AvgIpc) is 2.70. The zero-order valence-corrected chi connectivity index (χ0v) is 9.88. The molecule has 1 atom stereocenters. The van der Waals surface area contributed by atoms with Gasteiger partial charge in [-0.2, -0.15) is 0 Å². The Labute approximate surface area is 94.1 Å². The number of nitrogens with two attached hydrogens (primary N) is 1. The van der Waals surface area contributed by atoms with E-state index in [0.717, 1.165) is 0 Å². The van der Waals surface area contributed by atoms with Crippen LogP contribution in [0.5, 0.6) is 0 Å². The normalized spacial score (nSPS) is 12.8. The third kappa shape index (κ3) is 3.62. The zero-order chi connectivity index (χ0) is 11.3. The van der Waals surface area contributed by atoms with Crippen molar-refractivity contribution in [3.63, 3.8) is 0 Å². The number of nitrogens with one attached hydrogen (secondary N) is 1. The van der Waals surface area contributed by atoms with Crippen molar-refractivity contribution in [2.45, 2.75) is 6.04 Å². The molecule has 1 amide bonds. The highest BCUT2D eigenvalue weighted by atomic mass is 32.1. The lowest BCUT2D eigenvalue weighted by Gasteiger charge is -2.23. The molecule has 1 aromatic rings. The Hall–Kier alpha value is -0.910. The molecule has 0 radical (unpaired) electrons. The molecule has 0 fully saturated rings. The predicted octanol–water partition coefficient (Wildman–Crippen LogP) is 0.426. The Balaban J connectivity index is 2.56. The third-order valence-electron chi connectivity index (χ3n) is 2.17. The second-order valence-electron chi connectivity index (χ2n) is 3.50. The lowest BCUT2D eigenvalue weighted by atomic mass is 10.2. The Morgan fingerprint density at radius 2 is 2.40 bits per heavy atom. The average molecular weight is 227 g/mol. The van der Waals surface area contributed by atoms with E-state index in [4.69, 9.17) is 5.73 Å². The Bertz CT molecular complexity index is 298. The van der Waals surface area contributed by atoms with Crippen molar-refractivity contribution in [1.29, 1.82) is 0 Å². The second kappa shape index (κ2) is 5.85. The second-order valence-corrected chi connectivity index (χ2v) is 4.48. The van der Waals surface area contributed by atoms with Crippen LogP contribution in [0.3, 0.4) is 0 Å². The first kappa shape index (κ1) is 12.2. The van der Waals surface area contributed by atoms with Gasteiger partial charge in [0.25, 0.3) is 0 Å². The van der Waals surface area contributed by atoms with Gasteiger partial charge in [0.1, 0.15) is 0 Å². The Morgan fingerprint density at radius 1 is 1.67 bits per heavy atom.